The molecule has 0 radical (unpaired) electrons. The molecule has 0 aliphatic carbocycles. The van der Waals surface area contributed by atoms with E-state index in [1.54, 1.807) is 0 Å². The monoisotopic (exact) mass is 390 g/mol. The summed E-state index contributed by atoms with van der Waals surface area (Å²) in [5.74, 6) is 0.531. The number of pyridine rings is 1. The van der Waals surface area contributed by atoms with Crippen LogP contribution in [0.25, 0.3) is 0 Å². The third kappa shape index (κ3) is 3.42. The van der Waals surface area contributed by atoms with Crippen molar-refractivity contribution < 1.29 is 4.79 Å². The topological polar surface area (TPSA) is 39.7 Å². The van der Waals surface area contributed by atoms with Crippen molar-refractivity contribution in [3.63, 3.8) is 0 Å². The Kier molecular flexibility index (Phi) is 5.00. The fourth-order valence-corrected chi connectivity index (χ4v) is 5.66. The average Bonchev–Trinajstić information content (AvgIpc) is 3.37. The number of carbonyl (C=O) groups excluding carboxylic acids is 1. The van der Waals surface area contributed by atoms with E-state index in [2.05, 4.69) is 63.0 Å². The van der Waals surface area contributed by atoms with Gasteiger partial charge in [0.15, 0.2) is 0 Å². The van der Waals surface area contributed by atoms with E-state index < -0.39 is 0 Å². The maximum atomic E-state index is 13.5. The van der Waals surface area contributed by atoms with Crippen LogP contribution in [0.3, 0.4) is 0 Å². The van der Waals surface area contributed by atoms with Crippen LogP contribution in [0.1, 0.15) is 36.4 Å². The van der Waals surface area contributed by atoms with E-state index in [0.717, 1.165) is 45.6 Å². The summed E-state index contributed by atoms with van der Waals surface area (Å²) in [6, 6.07) is 13.7. The Labute approximate surface area is 173 Å². The van der Waals surface area contributed by atoms with Crippen molar-refractivity contribution in [2.24, 2.45) is 5.92 Å². The molecular weight excluding hydrogens is 360 g/mol. The second-order valence-corrected chi connectivity index (χ2v) is 8.69. The first-order valence-electron chi connectivity index (χ1n) is 11.0. The van der Waals surface area contributed by atoms with Crippen LogP contribution < -0.4 is 4.90 Å². The van der Waals surface area contributed by atoms with Crippen molar-refractivity contribution in [1.82, 2.24) is 14.8 Å². The minimum absolute atomic E-state index is 0.150. The van der Waals surface area contributed by atoms with Crippen LogP contribution in [0, 0.1) is 12.8 Å². The van der Waals surface area contributed by atoms with Crippen LogP contribution in [0.4, 0.5) is 5.69 Å². The van der Waals surface area contributed by atoms with E-state index in [1.807, 2.05) is 12.4 Å². The number of aromatic nitrogens is 1. The van der Waals surface area contributed by atoms with Gasteiger partial charge >= 0.3 is 0 Å². The van der Waals surface area contributed by atoms with Gasteiger partial charge in [0.1, 0.15) is 0 Å². The van der Waals surface area contributed by atoms with Gasteiger partial charge in [-0.3, -0.25) is 14.7 Å². The highest BCUT2D eigenvalue weighted by atomic mass is 16.2. The van der Waals surface area contributed by atoms with Gasteiger partial charge in [0, 0.05) is 56.3 Å². The zero-order valence-electron chi connectivity index (χ0n) is 17.2. The van der Waals surface area contributed by atoms with Gasteiger partial charge in [-0.15, -0.1) is 0 Å². The highest BCUT2D eigenvalue weighted by Gasteiger charge is 2.48. The van der Waals surface area contributed by atoms with Gasteiger partial charge in [0.25, 0.3) is 0 Å². The summed E-state index contributed by atoms with van der Waals surface area (Å²) < 4.78 is 0. The number of hydrogen-bond acceptors (Lipinski definition) is 4. The van der Waals surface area contributed by atoms with Crippen molar-refractivity contribution >= 4 is 11.6 Å². The zero-order chi connectivity index (χ0) is 19.8. The maximum absolute atomic E-state index is 13.5. The van der Waals surface area contributed by atoms with Crippen LogP contribution >= 0.6 is 0 Å². The molecule has 0 N–H and O–H groups in total. The summed E-state index contributed by atoms with van der Waals surface area (Å²) in [5.41, 5.74) is 3.82. The molecular formula is C24H30N4O. The first kappa shape index (κ1) is 18.6. The molecule has 4 heterocycles. The molecule has 1 aromatic carbocycles. The largest absolute Gasteiger partial charge is 0.368 e. The zero-order valence-corrected chi connectivity index (χ0v) is 17.2. The molecule has 2 aromatic rings. The standard InChI is InChI=1S/C24H30N4O/c1-18-17-25-10-9-21(18)26-12-14-27(15-13-26)24(29)20-16-23(19-6-3-2-4-7-19)28-11-5-8-22(20)28/h2-4,6-7,9-10,17,20,22-23H,5,8,11-16H2,1H3/t20-,22+,23-/m1/s1. The molecule has 0 unspecified atom stereocenters. The van der Waals surface area contributed by atoms with Crippen molar-refractivity contribution in [3.05, 3.63) is 59.9 Å². The van der Waals surface area contributed by atoms with Gasteiger partial charge < -0.3 is 9.80 Å². The van der Waals surface area contributed by atoms with Crippen LogP contribution in [-0.2, 0) is 4.79 Å². The lowest BCUT2D eigenvalue weighted by molar-refractivity contribution is -0.136. The Morgan fingerprint density at radius 1 is 1.03 bits per heavy atom. The molecule has 0 bridgehead atoms. The molecule has 0 saturated carbocycles. The number of hydrogen-bond donors (Lipinski definition) is 0. The number of carbonyl (C=O) groups is 1. The normalized spacial score (nSPS) is 27.3. The number of anilines is 1. The number of piperazine rings is 1. The lowest BCUT2D eigenvalue weighted by Crippen LogP contribution is -2.51. The van der Waals surface area contributed by atoms with E-state index in [1.165, 1.54) is 23.2 Å². The molecule has 1 amide bonds. The number of aryl methyl sites for hydroxylation is 1. The van der Waals surface area contributed by atoms with Crippen LogP contribution in [0.15, 0.2) is 48.8 Å². The summed E-state index contributed by atoms with van der Waals surface area (Å²) in [6.07, 6.45) is 7.13. The predicted octanol–water partition coefficient (Wildman–Crippen LogP) is 3.26. The fourth-order valence-electron chi connectivity index (χ4n) is 5.66. The molecule has 3 aliphatic rings. The summed E-state index contributed by atoms with van der Waals surface area (Å²) in [6.45, 7) is 6.68. The second kappa shape index (κ2) is 7.79. The summed E-state index contributed by atoms with van der Waals surface area (Å²) in [7, 11) is 0. The molecule has 3 aliphatic heterocycles. The summed E-state index contributed by atoms with van der Waals surface area (Å²) >= 11 is 0. The molecule has 5 rings (SSSR count). The van der Waals surface area contributed by atoms with Gasteiger partial charge in [-0.2, -0.15) is 0 Å². The van der Waals surface area contributed by atoms with Crippen molar-refractivity contribution in [1.29, 1.82) is 0 Å². The number of fused-ring (bicyclic) bond motifs is 1. The lowest BCUT2D eigenvalue weighted by Gasteiger charge is -2.38. The lowest BCUT2D eigenvalue weighted by atomic mass is 9.93. The third-order valence-corrected chi connectivity index (χ3v) is 7.11. The Hall–Kier alpha value is -2.40. The van der Waals surface area contributed by atoms with E-state index in [0.29, 0.717) is 18.0 Å². The maximum Gasteiger partial charge on any atom is 0.227 e. The molecule has 3 saturated heterocycles. The fraction of sp³-hybridized carbons (Fsp3) is 0.500. The van der Waals surface area contributed by atoms with Crippen molar-refractivity contribution in [2.45, 2.75) is 38.3 Å². The van der Waals surface area contributed by atoms with Gasteiger partial charge in [0.05, 0.1) is 5.92 Å². The SMILES string of the molecule is Cc1cnccc1N1CCN(C(=O)[C@@H]2C[C@H](c3ccccc3)N3CCC[C@@H]23)CC1. The number of nitrogens with zero attached hydrogens (tertiary/aromatic N) is 4. The van der Waals surface area contributed by atoms with Crippen LogP contribution in [0.5, 0.6) is 0 Å². The molecule has 5 nitrogen and oxygen atoms in total. The Morgan fingerprint density at radius 2 is 1.83 bits per heavy atom. The quantitative estimate of drug-likeness (QED) is 0.807. The molecule has 3 atom stereocenters. The predicted molar refractivity (Wildman–Crippen MR) is 115 cm³/mol. The van der Waals surface area contributed by atoms with Gasteiger partial charge in [-0.05, 0) is 49.9 Å². The van der Waals surface area contributed by atoms with Gasteiger partial charge in [0.2, 0.25) is 5.91 Å². The summed E-state index contributed by atoms with van der Waals surface area (Å²) in [4.78, 5) is 24.8. The molecule has 3 fully saturated rings. The minimum atomic E-state index is 0.150. The van der Waals surface area contributed by atoms with Crippen LogP contribution in [-0.4, -0.2) is 59.5 Å². The molecule has 0 spiro atoms. The second-order valence-electron chi connectivity index (χ2n) is 8.69. The Morgan fingerprint density at radius 3 is 2.59 bits per heavy atom. The highest BCUT2D eigenvalue weighted by molar-refractivity contribution is 5.80. The third-order valence-electron chi connectivity index (χ3n) is 7.11. The number of amides is 1. The Balaban J connectivity index is 1.27. The van der Waals surface area contributed by atoms with Crippen molar-refractivity contribution in [2.75, 3.05) is 37.6 Å². The first-order chi connectivity index (χ1) is 14.2. The number of benzene rings is 1. The smallest absolute Gasteiger partial charge is 0.227 e. The van der Waals surface area contributed by atoms with E-state index in [-0.39, 0.29) is 5.92 Å². The van der Waals surface area contributed by atoms with Gasteiger partial charge in [-0.25, -0.2) is 0 Å². The summed E-state index contributed by atoms with van der Waals surface area (Å²) in [5, 5.41) is 0. The van der Waals surface area contributed by atoms with E-state index in [4.69, 9.17) is 0 Å². The average molecular weight is 391 g/mol. The highest BCUT2D eigenvalue weighted by Crippen LogP contribution is 2.45. The first-order valence-corrected chi connectivity index (χ1v) is 11.0. The van der Waals surface area contributed by atoms with Gasteiger partial charge in [-0.1, -0.05) is 30.3 Å². The Bertz CT molecular complexity index is 862. The molecule has 5 heteroatoms. The van der Waals surface area contributed by atoms with E-state index in [9.17, 15) is 4.79 Å². The van der Waals surface area contributed by atoms with Crippen LogP contribution in [0.2, 0.25) is 0 Å². The molecule has 1 aromatic heterocycles. The molecule has 29 heavy (non-hydrogen) atoms. The number of rotatable bonds is 3. The molecule has 152 valence electrons. The van der Waals surface area contributed by atoms with E-state index >= 15 is 0 Å². The van der Waals surface area contributed by atoms with Crippen molar-refractivity contribution in [3.8, 4) is 0 Å². The minimum Gasteiger partial charge on any atom is -0.368 e.